The third kappa shape index (κ3) is 1.71. The molecule has 1 amide bonds. The van der Waals surface area contributed by atoms with Crippen LogP contribution in [0.5, 0.6) is 0 Å². The predicted octanol–water partition coefficient (Wildman–Crippen LogP) is 1.66. The number of hydrogen-bond acceptors (Lipinski definition) is 2. The van der Waals surface area contributed by atoms with Crippen molar-refractivity contribution in [2.45, 2.75) is 26.4 Å². The number of aliphatic hydroxyl groups is 1. The summed E-state index contributed by atoms with van der Waals surface area (Å²) < 4.78 is 0. The van der Waals surface area contributed by atoms with E-state index in [9.17, 15) is 9.90 Å². The Morgan fingerprint density at radius 1 is 1.38 bits per heavy atom. The molecular weight excluding hydrogens is 202 g/mol. The van der Waals surface area contributed by atoms with Crippen LogP contribution in [0.15, 0.2) is 24.3 Å². The van der Waals surface area contributed by atoms with Gasteiger partial charge in [-0.15, -0.1) is 0 Å². The standard InChI is InChI=1S/C13H17NO2/c1-9(2)12(8-15)14-7-10-5-3-4-6-11(10)13(14)16/h3-6,9,12,15H,7-8H2,1-2H3. The Kier molecular flexibility index (Phi) is 2.97. The highest BCUT2D eigenvalue weighted by Gasteiger charge is 2.33. The SMILES string of the molecule is CC(C)C(CO)N1Cc2ccccc2C1=O. The molecule has 86 valence electrons. The molecule has 0 saturated carbocycles. The van der Waals surface area contributed by atoms with Crippen molar-refractivity contribution < 1.29 is 9.90 Å². The molecule has 3 nitrogen and oxygen atoms in total. The molecule has 0 aromatic heterocycles. The van der Waals surface area contributed by atoms with Crippen LogP contribution in [0.25, 0.3) is 0 Å². The van der Waals surface area contributed by atoms with Crippen molar-refractivity contribution in [2.75, 3.05) is 6.61 Å². The van der Waals surface area contributed by atoms with Gasteiger partial charge in [-0.25, -0.2) is 0 Å². The van der Waals surface area contributed by atoms with E-state index in [4.69, 9.17) is 0 Å². The Morgan fingerprint density at radius 3 is 2.62 bits per heavy atom. The van der Waals surface area contributed by atoms with Crippen molar-refractivity contribution in [1.29, 1.82) is 0 Å². The van der Waals surface area contributed by atoms with Crippen LogP contribution in [0.1, 0.15) is 29.8 Å². The van der Waals surface area contributed by atoms with Gasteiger partial charge in [-0.1, -0.05) is 32.0 Å². The van der Waals surface area contributed by atoms with Gasteiger partial charge < -0.3 is 10.0 Å². The van der Waals surface area contributed by atoms with E-state index in [1.165, 1.54) is 0 Å². The number of carbonyl (C=O) groups excluding carboxylic acids is 1. The van der Waals surface area contributed by atoms with Crippen molar-refractivity contribution in [3.8, 4) is 0 Å². The summed E-state index contributed by atoms with van der Waals surface area (Å²) in [6.45, 7) is 4.70. The maximum absolute atomic E-state index is 12.1. The second-order valence-corrected chi connectivity index (χ2v) is 4.58. The van der Waals surface area contributed by atoms with Crippen LogP contribution in [0.4, 0.5) is 0 Å². The van der Waals surface area contributed by atoms with E-state index in [2.05, 4.69) is 0 Å². The van der Waals surface area contributed by atoms with Crippen molar-refractivity contribution in [1.82, 2.24) is 4.90 Å². The number of fused-ring (bicyclic) bond motifs is 1. The summed E-state index contributed by atoms with van der Waals surface area (Å²) in [6.07, 6.45) is 0. The molecule has 0 saturated heterocycles. The molecule has 1 N–H and O–H groups in total. The minimum absolute atomic E-state index is 0.0252. The van der Waals surface area contributed by atoms with E-state index in [1.54, 1.807) is 4.90 Å². The summed E-state index contributed by atoms with van der Waals surface area (Å²) in [6, 6.07) is 7.57. The Labute approximate surface area is 95.7 Å². The Hall–Kier alpha value is -1.35. The van der Waals surface area contributed by atoms with Crippen molar-refractivity contribution in [3.05, 3.63) is 35.4 Å². The molecule has 0 bridgehead atoms. The third-order valence-electron chi connectivity index (χ3n) is 3.21. The van der Waals surface area contributed by atoms with E-state index in [0.29, 0.717) is 6.54 Å². The zero-order valence-electron chi connectivity index (χ0n) is 9.68. The molecular formula is C13H17NO2. The van der Waals surface area contributed by atoms with Crippen LogP contribution in [0.2, 0.25) is 0 Å². The van der Waals surface area contributed by atoms with E-state index < -0.39 is 0 Å². The number of carbonyl (C=O) groups is 1. The lowest BCUT2D eigenvalue weighted by atomic mass is 10.0. The average Bonchev–Trinajstić information content (AvgIpc) is 2.58. The second-order valence-electron chi connectivity index (χ2n) is 4.58. The van der Waals surface area contributed by atoms with E-state index in [1.807, 2.05) is 38.1 Å². The molecule has 0 aliphatic carbocycles. The van der Waals surface area contributed by atoms with Gasteiger partial charge >= 0.3 is 0 Å². The van der Waals surface area contributed by atoms with Crippen LogP contribution in [-0.4, -0.2) is 28.6 Å². The molecule has 1 aliphatic heterocycles. The maximum Gasteiger partial charge on any atom is 0.254 e. The third-order valence-corrected chi connectivity index (χ3v) is 3.21. The maximum atomic E-state index is 12.1. The topological polar surface area (TPSA) is 40.5 Å². The summed E-state index contributed by atoms with van der Waals surface area (Å²) in [5.41, 5.74) is 1.84. The highest BCUT2D eigenvalue weighted by Crippen LogP contribution is 2.26. The van der Waals surface area contributed by atoms with Crippen molar-refractivity contribution >= 4 is 5.91 Å². The molecule has 1 heterocycles. The molecule has 1 aromatic carbocycles. The van der Waals surface area contributed by atoms with Crippen LogP contribution in [-0.2, 0) is 6.54 Å². The van der Waals surface area contributed by atoms with E-state index in [-0.39, 0.29) is 24.5 Å². The molecule has 1 unspecified atom stereocenters. The fraction of sp³-hybridized carbons (Fsp3) is 0.462. The number of hydrogen-bond donors (Lipinski definition) is 1. The Balaban J connectivity index is 2.27. The second kappa shape index (κ2) is 4.26. The molecule has 1 atom stereocenters. The summed E-state index contributed by atoms with van der Waals surface area (Å²) in [4.78, 5) is 13.9. The lowest BCUT2D eigenvalue weighted by Gasteiger charge is -2.29. The molecule has 16 heavy (non-hydrogen) atoms. The number of nitrogens with zero attached hydrogens (tertiary/aromatic N) is 1. The van der Waals surface area contributed by atoms with Crippen LogP contribution in [0.3, 0.4) is 0 Å². The van der Waals surface area contributed by atoms with Crippen molar-refractivity contribution in [2.24, 2.45) is 5.92 Å². The van der Waals surface area contributed by atoms with Gasteiger partial charge in [0.1, 0.15) is 0 Å². The van der Waals surface area contributed by atoms with Gasteiger partial charge in [0, 0.05) is 12.1 Å². The molecule has 0 radical (unpaired) electrons. The Bertz CT molecular complexity index is 401. The zero-order chi connectivity index (χ0) is 11.7. The van der Waals surface area contributed by atoms with Gasteiger partial charge in [0.25, 0.3) is 5.91 Å². The monoisotopic (exact) mass is 219 g/mol. The highest BCUT2D eigenvalue weighted by atomic mass is 16.3. The highest BCUT2D eigenvalue weighted by molar-refractivity contribution is 5.98. The summed E-state index contributed by atoms with van der Waals surface area (Å²) in [7, 11) is 0. The minimum Gasteiger partial charge on any atom is -0.394 e. The molecule has 1 aliphatic rings. The van der Waals surface area contributed by atoms with Gasteiger partial charge in [-0.05, 0) is 17.5 Å². The minimum atomic E-state index is -0.0834. The number of benzene rings is 1. The molecule has 3 heteroatoms. The number of rotatable bonds is 3. The lowest BCUT2D eigenvalue weighted by molar-refractivity contribution is 0.0532. The predicted molar refractivity (Wildman–Crippen MR) is 62.0 cm³/mol. The van der Waals surface area contributed by atoms with Gasteiger partial charge in [0.05, 0.1) is 12.6 Å². The molecule has 0 fully saturated rings. The normalized spacial score (nSPS) is 16.8. The lowest BCUT2D eigenvalue weighted by Crippen LogP contribution is -2.41. The quantitative estimate of drug-likeness (QED) is 0.840. The van der Waals surface area contributed by atoms with Crippen LogP contribution >= 0.6 is 0 Å². The van der Waals surface area contributed by atoms with Crippen LogP contribution in [0, 0.1) is 5.92 Å². The Morgan fingerprint density at radius 2 is 2.06 bits per heavy atom. The van der Waals surface area contributed by atoms with Crippen molar-refractivity contribution in [3.63, 3.8) is 0 Å². The first kappa shape index (κ1) is 11.1. The first-order valence-electron chi connectivity index (χ1n) is 5.65. The van der Waals surface area contributed by atoms with Gasteiger partial charge in [-0.2, -0.15) is 0 Å². The number of aliphatic hydroxyl groups excluding tert-OH is 1. The van der Waals surface area contributed by atoms with Gasteiger partial charge in [0.2, 0.25) is 0 Å². The fourth-order valence-electron chi connectivity index (χ4n) is 2.21. The zero-order valence-corrected chi connectivity index (χ0v) is 9.68. The summed E-state index contributed by atoms with van der Waals surface area (Å²) in [5, 5.41) is 9.36. The molecule has 0 spiro atoms. The number of amides is 1. The first-order valence-corrected chi connectivity index (χ1v) is 5.65. The largest absolute Gasteiger partial charge is 0.394 e. The van der Waals surface area contributed by atoms with Gasteiger partial charge in [0.15, 0.2) is 0 Å². The van der Waals surface area contributed by atoms with Crippen LogP contribution < -0.4 is 0 Å². The smallest absolute Gasteiger partial charge is 0.254 e. The van der Waals surface area contributed by atoms with E-state index in [0.717, 1.165) is 11.1 Å². The average molecular weight is 219 g/mol. The molecule has 1 aromatic rings. The fourth-order valence-corrected chi connectivity index (χ4v) is 2.21. The van der Waals surface area contributed by atoms with Gasteiger partial charge in [-0.3, -0.25) is 4.79 Å². The summed E-state index contributed by atoms with van der Waals surface area (Å²) in [5.74, 6) is 0.312. The summed E-state index contributed by atoms with van der Waals surface area (Å²) >= 11 is 0. The van der Waals surface area contributed by atoms with E-state index >= 15 is 0 Å². The first-order chi connectivity index (χ1) is 7.65. The molecule has 2 rings (SSSR count).